The first kappa shape index (κ1) is 23.5. The first-order valence-electron chi connectivity index (χ1n) is 9.85. The normalized spacial score (nSPS) is 11.6. The predicted octanol–water partition coefficient (Wildman–Crippen LogP) is 4.26. The third-order valence-electron chi connectivity index (χ3n) is 4.43. The van der Waals surface area contributed by atoms with Crippen molar-refractivity contribution in [3.8, 4) is 11.3 Å². The van der Waals surface area contributed by atoms with Crippen LogP contribution in [0.25, 0.3) is 11.3 Å². The molecule has 1 unspecified atom stereocenters. The minimum atomic E-state index is -0.501. The summed E-state index contributed by atoms with van der Waals surface area (Å²) in [5.41, 5.74) is 2.04. The molecule has 2 amide bonds. The lowest BCUT2D eigenvalue weighted by atomic mass is 10.1. The third-order valence-corrected chi connectivity index (χ3v) is 5.90. The summed E-state index contributed by atoms with van der Waals surface area (Å²) < 4.78 is 0. The number of H-pyrrole nitrogens is 1. The lowest BCUT2D eigenvalue weighted by Crippen LogP contribution is -2.25. The van der Waals surface area contributed by atoms with Gasteiger partial charge in [-0.05, 0) is 43.7 Å². The van der Waals surface area contributed by atoms with Gasteiger partial charge in [0.25, 0.3) is 5.56 Å². The quantitative estimate of drug-likeness (QED) is 0.443. The smallest absolute Gasteiger partial charge is 0.278 e. The summed E-state index contributed by atoms with van der Waals surface area (Å²) in [4.78, 5) is 39.6. The van der Waals surface area contributed by atoms with Gasteiger partial charge in [0.1, 0.15) is 0 Å². The lowest BCUT2D eigenvalue weighted by molar-refractivity contribution is -0.116. The fraction of sp³-hybridized carbons (Fsp3) is 0.227. The second-order valence-electron chi connectivity index (χ2n) is 7.05. The molecular weight excluding hydrogens is 450 g/mol. The summed E-state index contributed by atoms with van der Waals surface area (Å²) >= 11 is 7.08. The maximum Gasteiger partial charge on any atom is 0.278 e. The van der Waals surface area contributed by atoms with Crippen molar-refractivity contribution in [3.63, 3.8) is 0 Å². The molecule has 0 radical (unpaired) electrons. The number of nitrogens with one attached hydrogen (secondary N) is 3. The highest BCUT2D eigenvalue weighted by Crippen LogP contribution is 2.27. The molecule has 3 N–H and O–H groups in total. The largest absolute Gasteiger partial charge is 0.326 e. The van der Waals surface area contributed by atoms with Crippen LogP contribution >= 0.6 is 23.4 Å². The molecule has 0 saturated carbocycles. The number of amides is 2. The standard InChI is InChI=1S/C22H22ClN5O3S/c1-4-18(20(30)25-15-7-5-6-14(23)11-15)32-22-26-21(31)19(27-28-22)16-10-12(2)8-9-17(16)24-13(3)29/h5-11,18H,4H2,1-3H3,(H,24,29)(H,25,30)(H,26,28,31). The maximum atomic E-state index is 12.8. The minimum Gasteiger partial charge on any atom is -0.326 e. The summed E-state index contributed by atoms with van der Waals surface area (Å²) in [5.74, 6) is -0.499. The van der Waals surface area contributed by atoms with Crippen LogP contribution in [0.1, 0.15) is 25.8 Å². The second-order valence-corrected chi connectivity index (χ2v) is 8.68. The number of anilines is 2. The molecule has 166 valence electrons. The zero-order valence-electron chi connectivity index (χ0n) is 17.7. The molecule has 0 aliphatic heterocycles. The van der Waals surface area contributed by atoms with E-state index in [-0.39, 0.29) is 22.7 Å². The SMILES string of the molecule is CCC(Sc1nnc(-c2cc(C)ccc2NC(C)=O)c(=O)[nH]1)C(=O)Nc1cccc(Cl)c1. The van der Waals surface area contributed by atoms with Crippen LogP contribution in [-0.2, 0) is 9.59 Å². The highest BCUT2D eigenvalue weighted by Gasteiger charge is 2.21. The lowest BCUT2D eigenvalue weighted by Gasteiger charge is -2.14. The molecule has 32 heavy (non-hydrogen) atoms. The Morgan fingerprint density at radius 2 is 1.94 bits per heavy atom. The van der Waals surface area contributed by atoms with Crippen molar-refractivity contribution in [3.05, 3.63) is 63.4 Å². The molecule has 0 spiro atoms. The molecule has 0 aliphatic carbocycles. The first-order valence-corrected chi connectivity index (χ1v) is 11.1. The first-order chi connectivity index (χ1) is 15.3. The molecule has 0 fully saturated rings. The minimum absolute atomic E-state index is 0.0817. The van der Waals surface area contributed by atoms with E-state index in [0.717, 1.165) is 17.3 Å². The van der Waals surface area contributed by atoms with E-state index in [0.29, 0.717) is 28.4 Å². The van der Waals surface area contributed by atoms with Crippen LogP contribution in [0.2, 0.25) is 5.02 Å². The maximum absolute atomic E-state index is 12.8. The van der Waals surface area contributed by atoms with Crippen molar-refractivity contribution in [1.82, 2.24) is 15.2 Å². The zero-order chi connectivity index (χ0) is 23.3. The van der Waals surface area contributed by atoms with Crippen molar-refractivity contribution < 1.29 is 9.59 Å². The van der Waals surface area contributed by atoms with E-state index < -0.39 is 10.8 Å². The highest BCUT2D eigenvalue weighted by atomic mass is 35.5. The molecular formula is C22H22ClN5O3S. The Balaban J connectivity index is 1.82. The van der Waals surface area contributed by atoms with Gasteiger partial charge in [-0.25, -0.2) is 0 Å². The number of aryl methyl sites for hydroxylation is 1. The summed E-state index contributed by atoms with van der Waals surface area (Å²) in [6, 6.07) is 12.2. The summed E-state index contributed by atoms with van der Waals surface area (Å²) in [5, 5.41) is 13.9. The Bertz CT molecular complexity index is 1210. The average molecular weight is 472 g/mol. The molecule has 3 rings (SSSR count). The molecule has 1 heterocycles. The van der Waals surface area contributed by atoms with Gasteiger partial charge in [-0.2, -0.15) is 0 Å². The number of rotatable bonds is 7. The Morgan fingerprint density at radius 1 is 1.16 bits per heavy atom. The van der Waals surface area contributed by atoms with Gasteiger partial charge >= 0.3 is 0 Å². The summed E-state index contributed by atoms with van der Waals surface area (Å²) in [6.07, 6.45) is 0.507. The van der Waals surface area contributed by atoms with E-state index in [1.165, 1.54) is 6.92 Å². The van der Waals surface area contributed by atoms with Gasteiger partial charge in [-0.1, -0.05) is 48.0 Å². The van der Waals surface area contributed by atoms with Crippen LogP contribution in [0, 0.1) is 6.92 Å². The van der Waals surface area contributed by atoms with Crippen LogP contribution in [0.3, 0.4) is 0 Å². The zero-order valence-corrected chi connectivity index (χ0v) is 19.3. The van der Waals surface area contributed by atoms with Gasteiger partial charge in [0.05, 0.1) is 10.9 Å². The van der Waals surface area contributed by atoms with Crippen LogP contribution in [0.4, 0.5) is 11.4 Å². The topological polar surface area (TPSA) is 117 Å². The summed E-state index contributed by atoms with van der Waals surface area (Å²) in [6.45, 7) is 5.12. The van der Waals surface area contributed by atoms with Gasteiger partial charge in [-0.15, -0.1) is 10.2 Å². The molecule has 0 saturated heterocycles. The number of carbonyl (C=O) groups excluding carboxylic acids is 2. The van der Waals surface area contributed by atoms with E-state index in [4.69, 9.17) is 11.6 Å². The number of hydrogen-bond acceptors (Lipinski definition) is 6. The van der Waals surface area contributed by atoms with Crippen LogP contribution in [-0.4, -0.2) is 32.2 Å². The monoisotopic (exact) mass is 471 g/mol. The van der Waals surface area contributed by atoms with Gasteiger partial charge in [-0.3, -0.25) is 19.4 Å². The molecule has 2 aromatic carbocycles. The molecule has 3 aromatic rings. The average Bonchev–Trinajstić information content (AvgIpc) is 2.73. The van der Waals surface area contributed by atoms with E-state index in [9.17, 15) is 14.4 Å². The molecule has 0 aliphatic rings. The van der Waals surface area contributed by atoms with Gasteiger partial charge in [0, 0.05) is 23.2 Å². The molecule has 10 heteroatoms. The number of nitrogens with zero attached hydrogens (tertiary/aromatic N) is 2. The Hall–Kier alpha value is -3.17. The van der Waals surface area contributed by atoms with Crippen LogP contribution < -0.4 is 16.2 Å². The van der Waals surface area contributed by atoms with Crippen molar-refractivity contribution in [2.45, 2.75) is 37.6 Å². The van der Waals surface area contributed by atoms with Crippen molar-refractivity contribution in [2.75, 3.05) is 10.6 Å². The van der Waals surface area contributed by atoms with Crippen molar-refractivity contribution >= 4 is 46.6 Å². The van der Waals surface area contributed by atoms with Crippen LogP contribution in [0.15, 0.2) is 52.4 Å². The molecule has 1 atom stereocenters. The Morgan fingerprint density at radius 3 is 2.59 bits per heavy atom. The fourth-order valence-corrected chi connectivity index (χ4v) is 3.98. The Labute approximate surface area is 194 Å². The van der Waals surface area contributed by atoms with E-state index in [1.54, 1.807) is 36.4 Å². The number of halogens is 1. The van der Waals surface area contributed by atoms with E-state index in [2.05, 4.69) is 25.8 Å². The summed E-state index contributed by atoms with van der Waals surface area (Å²) in [7, 11) is 0. The highest BCUT2D eigenvalue weighted by molar-refractivity contribution is 8.00. The predicted molar refractivity (Wildman–Crippen MR) is 127 cm³/mol. The van der Waals surface area contributed by atoms with Gasteiger partial charge < -0.3 is 10.6 Å². The van der Waals surface area contributed by atoms with Crippen molar-refractivity contribution in [2.24, 2.45) is 0 Å². The fourth-order valence-electron chi connectivity index (χ4n) is 2.95. The van der Waals surface area contributed by atoms with Gasteiger partial charge in [0.2, 0.25) is 11.8 Å². The third kappa shape index (κ3) is 5.95. The van der Waals surface area contributed by atoms with Gasteiger partial charge in [0.15, 0.2) is 10.9 Å². The molecule has 8 nitrogen and oxygen atoms in total. The number of aromatic nitrogens is 3. The Kier molecular flexibility index (Phi) is 7.66. The number of aromatic amines is 1. The van der Waals surface area contributed by atoms with E-state index in [1.807, 2.05) is 19.9 Å². The second kappa shape index (κ2) is 10.4. The van der Waals surface area contributed by atoms with E-state index >= 15 is 0 Å². The van der Waals surface area contributed by atoms with Crippen LogP contribution in [0.5, 0.6) is 0 Å². The number of carbonyl (C=O) groups is 2. The number of thioether (sulfide) groups is 1. The number of benzene rings is 2. The molecule has 1 aromatic heterocycles. The number of hydrogen-bond donors (Lipinski definition) is 3. The molecule has 0 bridgehead atoms. The van der Waals surface area contributed by atoms with Crippen molar-refractivity contribution in [1.29, 1.82) is 0 Å².